The SMILES string of the molecule is CCN(C)C(C(=O)Nc1ccc(-c2n[nH]c(CN)n2)cc1)c1ccccc1.Cl.Cl. The third-order valence-corrected chi connectivity index (χ3v) is 4.44. The Morgan fingerprint density at radius 1 is 1.14 bits per heavy atom. The molecule has 1 aromatic heterocycles. The highest BCUT2D eigenvalue weighted by molar-refractivity contribution is 5.95. The van der Waals surface area contributed by atoms with Crippen molar-refractivity contribution in [2.45, 2.75) is 19.5 Å². The Bertz CT molecular complexity index is 886. The Hall–Kier alpha value is -2.45. The number of aromatic amines is 1. The van der Waals surface area contributed by atoms with Crippen LogP contribution in [0.5, 0.6) is 0 Å². The molecule has 0 bridgehead atoms. The van der Waals surface area contributed by atoms with Gasteiger partial charge in [-0.25, -0.2) is 4.98 Å². The molecule has 29 heavy (non-hydrogen) atoms. The van der Waals surface area contributed by atoms with E-state index in [-0.39, 0.29) is 36.8 Å². The molecule has 0 saturated heterocycles. The number of likely N-dealkylation sites (N-methyl/N-ethyl adjacent to an activating group) is 1. The number of aromatic nitrogens is 3. The first-order valence-corrected chi connectivity index (χ1v) is 8.90. The molecule has 3 aromatic rings. The molecule has 1 heterocycles. The van der Waals surface area contributed by atoms with Gasteiger partial charge in [0, 0.05) is 11.3 Å². The van der Waals surface area contributed by atoms with Crippen molar-refractivity contribution in [2.24, 2.45) is 5.73 Å². The molecule has 1 atom stereocenters. The van der Waals surface area contributed by atoms with Crippen molar-refractivity contribution in [3.05, 3.63) is 66.0 Å². The summed E-state index contributed by atoms with van der Waals surface area (Å²) in [6.45, 7) is 3.11. The minimum Gasteiger partial charge on any atom is -0.324 e. The molecule has 2 aromatic carbocycles. The summed E-state index contributed by atoms with van der Waals surface area (Å²) >= 11 is 0. The summed E-state index contributed by atoms with van der Waals surface area (Å²) in [5.41, 5.74) is 8.09. The molecule has 1 unspecified atom stereocenters. The minimum absolute atomic E-state index is 0. The van der Waals surface area contributed by atoms with Gasteiger partial charge < -0.3 is 11.1 Å². The maximum absolute atomic E-state index is 12.9. The van der Waals surface area contributed by atoms with Crippen LogP contribution < -0.4 is 11.1 Å². The Labute approximate surface area is 182 Å². The lowest BCUT2D eigenvalue weighted by Gasteiger charge is -2.26. The number of hydrogen-bond donors (Lipinski definition) is 3. The zero-order valence-electron chi connectivity index (χ0n) is 16.3. The van der Waals surface area contributed by atoms with Gasteiger partial charge in [-0.3, -0.25) is 14.8 Å². The van der Waals surface area contributed by atoms with Crippen LogP contribution in [0.4, 0.5) is 5.69 Å². The number of anilines is 1. The Kier molecular flexibility index (Phi) is 9.77. The van der Waals surface area contributed by atoms with E-state index in [1.165, 1.54) is 0 Å². The molecule has 4 N–H and O–H groups in total. The zero-order valence-corrected chi connectivity index (χ0v) is 18.0. The standard InChI is InChI=1S/C20H24N6O.2ClH/c1-3-26(2)18(14-7-5-4-6-8-14)20(27)22-16-11-9-15(10-12-16)19-23-17(13-21)24-25-19;;/h4-12,18H,3,13,21H2,1-2H3,(H,22,27)(H,23,24,25);2*1H. The minimum atomic E-state index is -0.351. The highest BCUT2D eigenvalue weighted by atomic mass is 35.5. The first kappa shape index (κ1) is 24.6. The number of rotatable bonds is 7. The van der Waals surface area contributed by atoms with Crippen LogP contribution in [-0.4, -0.2) is 39.6 Å². The monoisotopic (exact) mass is 436 g/mol. The third kappa shape index (κ3) is 6.01. The molecular weight excluding hydrogens is 411 g/mol. The first-order chi connectivity index (χ1) is 13.1. The molecule has 0 aliphatic carbocycles. The van der Waals surface area contributed by atoms with Crippen molar-refractivity contribution in [2.75, 3.05) is 18.9 Å². The number of carbonyl (C=O) groups is 1. The number of benzene rings is 2. The molecule has 0 fully saturated rings. The normalized spacial score (nSPS) is 11.3. The van der Waals surface area contributed by atoms with E-state index >= 15 is 0 Å². The van der Waals surface area contributed by atoms with Crippen molar-refractivity contribution in [1.82, 2.24) is 20.1 Å². The molecule has 0 radical (unpaired) electrons. The van der Waals surface area contributed by atoms with Crippen LogP contribution in [0.25, 0.3) is 11.4 Å². The van der Waals surface area contributed by atoms with Crippen LogP contribution in [0.15, 0.2) is 54.6 Å². The van der Waals surface area contributed by atoms with Gasteiger partial charge in [-0.1, -0.05) is 37.3 Å². The fourth-order valence-electron chi connectivity index (χ4n) is 2.85. The number of halogens is 2. The van der Waals surface area contributed by atoms with Gasteiger partial charge in [0.05, 0.1) is 6.54 Å². The molecule has 9 heteroatoms. The van der Waals surface area contributed by atoms with E-state index in [4.69, 9.17) is 5.73 Å². The van der Waals surface area contributed by atoms with Gasteiger partial charge in [-0.15, -0.1) is 24.8 Å². The Balaban J connectivity index is 0.00000210. The smallest absolute Gasteiger partial charge is 0.246 e. The van der Waals surface area contributed by atoms with E-state index in [9.17, 15) is 4.79 Å². The molecule has 7 nitrogen and oxygen atoms in total. The summed E-state index contributed by atoms with van der Waals surface area (Å²) in [6.07, 6.45) is 0. The number of hydrogen-bond acceptors (Lipinski definition) is 5. The van der Waals surface area contributed by atoms with Crippen molar-refractivity contribution in [3.8, 4) is 11.4 Å². The lowest BCUT2D eigenvalue weighted by Crippen LogP contribution is -2.34. The van der Waals surface area contributed by atoms with Crippen LogP contribution in [0.3, 0.4) is 0 Å². The molecule has 0 aliphatic heterocycles. The molecular formula is C20H26Cl2N6O. The van der Waals surface area contributed by atoms with Crippen LogP contribution in [0.2, 0.25) is 0 Å². The molecule has 0 aliphatic rings. The van der Waals surface area contributed by atoms with Crippen LogP contribution in [-0.2, 0) is 11.3 Å². The van der Waals surface area contributed by atoms with Crippen molar-refractivity contribution in [3.63, 3.8) is 0 Å². The second-order valence-corrected chi connectivity index (χ2v) is 6.26. The van der Waals surface area contributed by atoms with Gasteiger partial charge in [0.25, 0.3) is 0 Å². The average molecular weight is 437 g/mol. The number of nitrogens with one attached hydrogen (secondary N) is 2. The van der Waals surface area contributed by atoms with E-state index < -0.39 is 0 Å². The van der Waals surface area contributed by atoms with E-state index in [1.807, 2.05) is 73.5 Å². The van der Waals surface area contributed by atoms with Crippen LogP contribution in [0.1, 0.15) is 24.4 Å². The second kappa shape index (κ2) is 11.5. The summed E-state index contributed by atoms with van der Waals surface area (Å²) in [4.78, 5) is 19.2. The van der Waals surface area contributed by atoms with Crippen LogP contribution in [0, 0.1) is 0 Å². The fraction of sp³-hybridized carbons (Fsp3) is 0.250. The van der Waals surface area contributed by atoms with Gasteiger partial charge in [-0.05, 0) is 43.4 Å². The fourth-order valence-corrected chi connectivity index (χ4v) is 2.85. The number of H-pyrrole nitrogens is 1. The highest BCUT2D eigenvalue weighted by Gasteiger charge is 2.24. The lowest BCUT2D eigenvalue weighted by molar-refractivity contribution is -0.121. The topological polar surface area (TPSA) is 99.9 Å². The number of nitrogens with two attached hydrogens (primary N) is 1. The van der Waals surface area contributed by atoms with Crippen molar-refractivity contribution >= 4 is 36.4 Å². The van der Waals surface area contributed by atoms with Gasteiger partial charge in [0.1, 0.15) is 11.9 Å². The van der Waals surface area contributed by atoms with E-state index in [1.54, 1.807) is 0 Å². The van der Waals surface area contributed by atoms with Gasteiger partial charge in [0.2, 0.25) is 5.91 Å². The van der Waals surface area contributed by atoms with Gasteiger partial charge >= 0.3 is 0 Å². The maximum atomic E-state index is 12.9. The summed E-state index contributed by atoms with van der Waals surface area (Å²) in [7, 11) is 1.94. The Morgan fingerprint density at radius 3 is 2.34 bits per heavy atom. The predicted molar refractivity (Wildman–Crippen MR) is 120 cm³/mol. The first-order valence-electron chi connectivity index (χ1n) is 8.90. The molecule has 0 spiro atoms. The quantitative estimate of drug-likeness (QED) is 0.526. The molecule has 1 amide bonds. The number of amides is 1. The summed E-state index contributed by atoms with van der Waals surface area (Å²) in [5, 5.41) is 9.93. The molecule has 3 rings (SSSR count). The van der Waals surface area contributed by atoms with E-state index in [0.29, 0.717) is 18.2 Å². The van der Waals surface area contributed by atoms with Gasteiger partial charge in [-0.2, -0.15) is 5.10 Å². The Morgan fingerprint density at radius 2 is 1.79 bits per heavy atom. The summed E-state index contributed by atoms with van der Waals surface area (Å²) in [6, 6.07) is 16.9. The number of nitrogens with zero attached hydrogens (tertiary/aromatic N) is 3. The summed E-state index contributed by atoms with van der Waals surface area (Å²) in [5.74, 6) is 1.15. The van der Waals surface area contributed by atoms with Crippen molar-refractivity contribution in [1.29, 1.82) is 0 Å². The average Bonchev–Trinajstić information content (AvgIpc) is 3.18. The van der Waals surface area contributed by atoms with E-state index in [0.717, 1.165) is 23.4 Å². The molecule has 0 saturated carbocycles. The third-order valence-electron chi connectivity index (χ3n) is 4.44. The second-order valence-electron chi connectivity index (χ2n) is 6.26. The largest absolute Gasteiger partial charge is 0.324 e. The molecule has 156 valence electrons. The maximum Gasteiger partial charge on any atom is 0.246 e. The highest BCUT2D eigenvalue weighted by Crippen LogP contribution is 2.23. The lowest BCUT2D eigenvalue weighted by atomic mass is 10.0. The zero-order chi connectivity index (χ0) is 19.2. The summed E-state index contributed by atoms with van der Waals surface area (Å²) < 4.78 is 0. The van der Waals surface area contributed by atoms with Gasteiger partial charge in [0.15, 0.2) is 5.82 Å². The van der Waals surface area contributed by atoms with Crippen LogP contribution >= 0.6 is 24.8 Å². The predicted octanol–water partition coefficient (Wildman–Crippen LogP) is 3.41. The number of carbonyl (C=O) groups excluding carboxylic acids is 1. The van der Waals surface area contributed by atoms with Crippen molar-refractivity contribution < 1.29 is 4.79 Å². The van der Waals surface area contributed by atoms with E-state index in [2.05, 4.69) is 20.5 Å².